The molecule has 0 saturated carbocycles. The first-order valence-corrected chi connectivity index (χ1v) is 11.7. The van der Waals surface area contributed by atoms with Crippen LogP contribution in [0.4, 0.5) is 0 Å². The van der Waals surface area contributed by atoms with E-state index in [4.69, 9.17) is 18.9 Å². The van der Waals surface area contributed by atoms with Crippen LogP contribution in [0, 0.1) is 0 Å². The maximum atomic E-state index is 13.3. The van der Waals surface area contributed by atoms with Crippen molar-refractivity contribution in [3.8, 4) is 23.0 Å². The van der Waals surface area contributed by atoms with E-state index in [0.29, 0.717) is 47.1 Å². The van der Waals surface area contributed by atoms with Crippen LogP contribution in [0.1, 0.15) is 41.8 Å². The summed E-state index contributed by atoms with van der Waals surface area (Å²) >= 11 is 0. The van der Waals surface area contributed by atoms with E-state index in [0.717, 1.165) is 25.1 Å². The van der Waals surface area contributed by atoms with E-state index in [1.165, 1.54) is 19.1 Å². The lowest BCUT2D eigenvalue weighted by molar-refractivity contribution is -0.134. The van der Waals surface area contributed by atoms with Gasteiger partial charge in [-0.2, -0.15) is 0 Å². The Hall–Kier alpha value is -3.26. The van der Waals surface area contributed by atoms with Crippen LogP contribution in [0.15, 0.2) is 30.3 Å². The van der Waals surface area contributed by atoms with Gasteiger partial charge in [-0.15, -0.1) is 0 Å². The molecule has 3 rings (SSSR count). The Kier molecular flexibility index (Phi) is 8.27. The smallest absolute Gasteiger partial charge is 0.260 e. The van der Waals surface area contributed by atoms with Crippen molar-refractivity contribution in [2.24, 2.45) is 0 Å². The highest BCUT2D eigenvalue weighted by atomic mass is 16.5. The highest BCUT2D eigenvalue weighted by molar-refractivity contribution is 6.13. The molecule has 1 heterocycles. The highest BCUT2D eigenvalue weighted by Gasteiger charge is 2.45. The number of rotatable bonds is 11. The molecule has 0 atom stereocenters. The molecule has 0 unspecified atom stereocenters. The number of ether oxygens (including phenoxy) is 4. The van der Waals surface area contributed by atoms with E-state index in [1.807, 2.05) is 39.1 Å². The highest BCUT2D eigenvalue weighted by Crippen LogP contribution is 2.40. The number of benzene rings is 2. The van der Waals surface area contributed by atoms with Gasteiger partial charge in [0.1, 0.15) is 0 Å². The van der Waals surface area contributed by atoms with Gasteiger partial charge in [0.2, 0.25) is 5.91 Å². The van der Waals surface area contributed by atoms with Crippen molar-refractivity contribution in [1.29, 1.82) is 0 Å². The van der Waals surface area contributed by atoms with Crippen LogP contribution >= 0.6 is 0 Å². The molecule has 8 heteroatoms. The minimum Gasteiger partial charge on any atom is -0.493 e. The van der Waals surface area contributed by atoms with Gasteiger partial charge in [-0.05, 0) is 75.7 Å². The molecular weight excluding hydrogens is 448 g/mol. The fourth-order valence-electron chi connectivity index (χ4n) is 4.43. The summed E-state index contributed by atoms with van der Waals surface area (Å²) in [6.45, 7) is 5.63. The normalized spacial score (nSPS) is 14.7. The fraction of sp³-hybridized carbons (Fsp3) is 0.481. The van der Waals surface area contributed by atoms with Gasteiger partial charge < -0.3 is 23.8 Å². The number of carbonyl (C=O) groups excluding carboxylic acids is 2. The zero-order valence-electron chi connectivity index (χ0n) is 21.8. The Labute approximate surface area is 207 Å². The second-order valence-electron chi connectivity index (χ2n) is 9.24. The summed E-state index contributed by atoms with van der Waals surface area (Å²) in [7, 11) is 8.36. The molecule has 1 aliphatic heterocycles. The van der Waals surface area contributed by atoms with E-state index in [9.17, 15) is 9.59 Å². The van der Waals surface area contributed by atoms with Crippen molar-refractivity contribution in [3.63, 3.8) is 0 Å². The molecule has 2 aromatic carbocycles. The fourth-order valence-corrected chi connectivity index (χ4v) is 4.43. The van der Waals surface area contributed by atoms with Crippen LogP contribution in [-0.4, -0.2) is 76.7 Å². The number of carbonyl (C=O) groups is 2. The molecule has 0 bridgehead atoms. The molecule has 8 nitrogen and oxygen atoms in total. The third-order valence-corrected chi connectivity index (χ3v) is 6.60. The molecule has 35 heavy (non-hydrogen) atoms. The van der Waals surface area contributed by atoms with Crippen molar-refractivity contribution < 1.29 is 28.5 Å². The summed E-state index contributed by atoms with van der Waals surface area (Å²) in [5, 5.41) is 0. The predicted octanol–water partition coefficient (Wildman–Crippen LogP) is 3.55. The van der Waals surface area contributed by atoms with Crippen molar-refractivity contribution in [2.45, 2.75) is 32.1 Å². The van der Waals surface area contributed by atoms with Gasteiger partial charge >= 0.3 is 0 Å². The average Bonchev–Trinajstić information content (AvgIpc) is 2.87. The van der Waals surface area contributed by atoms with Crippen LogP contribution in [0.5, 0.6) is 23.0 Å². The largest absolute Gasteiger partial charge is 0.493 e. The summed E-state index contributed by atoms with van der Waals surface area (Å²) in [6.07, 6.45) is 1.53. The number of hydrogen-bond acceptors (Lipinski definition) is 7. The number of hydrogen-bond donors (Lipinski definition) is 0. The summed E-state index contributed by atoms with van der Waals surface area (Å²) in [5.41, 5.74) is 1.45. The summed E-state index contributed by atoms with van der Waals surface area (Å²) in [4.78, 5) is 30.1. The second kappa shape index (κ2) is 11.0. The molecule has 190 valence electrons. The Morgan fingerprint density at radius 3 is 2.06 bits per heavy atom. The van der Waals surface area contributed by atoms with Crippen molar-refractivity contribution >= 4 is 11.8 Å². The SMILES string of the molecule is COc1ccc(CCN(C)CCCN2C(=O)c3cc(OC)c(OC)cc3C(C)(C)C2=O)cc1OC. The Bertz CT molecular complexity index is 1080. The lowest BCUT2D eigenvalue weighted by Gasteiger charge is -2.38. The van der Waals surface area contributed by atoms with Gasteiger partial charge in [0, 0.05) is 18.7 Å². The van der Waals surface area contributed by atoms with E-state index >= 15 is 0 Å². The number of imide groups is 1. The third-order valence-electron chi connectivity index (χ3n) is 6.60. The molecule has 2 aromatic rings. The second-order valence-corrected chi connectivity index (χ2v) is 9.24. The van der Waals surface area contributed by atoms with Gasteiger partial charge in [-0.3, -0.25) is 14.5 Å². The van der Waals surface area contributed by atoms with Crippen LogP contribution < -0.4 is 18.9 Å². The molecule has 1 aliphatic rings. The molecule has 0 saturated heterocycles. The molecule has 0 aliphatic carbocycles. The topological polar surface area (TPSA) is 77.5 Å². The maximum Gasteiger partial charge on any atom is 0.260 e. The zero-order chi connectivity index (χ0) is 25.8. The van der Waals surface area contributed by atoms with Crippen LogP contribution in [0.2, 0.25) is 0 Å². The number of amides is 2. The van der Waals surface area contributed by atoms with Gasteiger partial charge in [-0.1, -0.05) is 6.07 Å². The minimum absolute atomic E-state index is 0.199. The van der Waals surface area contributed by atoms with E-state index in [-0.39, 0.29) is 11.8 Å². The first-order valence-electron chi connectivity index (χ1n) is 11.7. The van der Waals surface area contributed by atoms with Crippen molar-refractivity contribution in [1.82, 2.24) is 9.80 Å². The quantitative estimate of drug-likeness (QED) is 0.452. The van der Waals surface area contributed by atoms with Crippen molar-refractivity contribution in [3.05, 3.63) is 47.0 Å². The van der Waals surface area contributed by atoms with E-state index in [2.05, 4.69) is 4.90 Å². The van der Waals surface area contributed by atoms with Gasteiger partial charge in [0.25, 0.3) is 5.91 Å². The standard InChI is InChI=1S/C27H36N2O6/c1-27(2)20-17-24(35-7)23(34-6)16-19(20)25(30)29(26(27)31)13-8-12-28(3)14-11-18-9-10-21(32-4)22(15-18)33-5/h9-10,15-17H,8,11-14H2,1-7H3. The molecule has 0 spiro atoms. The monoisotopic (exact) mass is 484 g/mol. The lowest BCUT2D eigenvalue weighted by atomic mass is 9.77. The summed E-state index contributed by atoms with van der Waals surface area (Å²) < 4.78 is 21.4. The number of methoxy groups -OCH3 is 4. The lowest BCUT2D eigenvalue weighted by Crippen LogP contribution is -2.52. The maximum absolute atomic E-state index is 13.3. The van der Waals surface area contributed by atoms with Crippen molar-refractivity contribution in [2.75, 3.05) is 55.1 Å². The molecule has 0 radical (unpaired) electrons. The summed E-state index contributed by atoms with van der Waals surface area (Å²) in [6, 6.07) is 9.34. The Balaban J connectivity index is 1.63. The van der Waals surface area contributed by atoms with Gasteiger partial charge in [-0.25, -0.2) is 0 Å². The number of nitrogens with zero attached hydrogens (tertiary/aromatic N) is 2. The third kappa shape index (κ3) is 5.37. The van der Waals surface area contributed by atoms with Crippen LogP contribution in [0.3, 0.4) is 0 Å². The van der Waals surface area contributed by atoms with E-state index in [1.54, 1.807) is 26.4 Å². The number of fused-ring (bicyclic) bond motifs is 1. The first-order chi connectivity index (χ1) is 16.7. The Morgan fingerprint density at radius 1 is 0.829 bits per heavy atom. The van der Waals surface area contributed by atoms with E-state index < -0.39 is 5.41 Å². The molecule has 0 aromatic heterocycles. The van der Waals surface area contributed by atoms with Crippen LogP contribution in [-0.2, 0) is 16.6 Å². The van der Waals surface area contributed by atoms with Crippen LogP contribution in [0.25, 0.3) is 0 Å². The van der Waals surface area contributed by atoms with Gasteiger partial charge in [0.15, 0.2) is 23.0 Å². The average molecular weight is 485 g/mol. The molecular formula is C27H36N2O6. The minimum atomic E-state index is -0.845. The molecule has 0 N–H and O–H groups in total. The molecule has 0 fully saturated rings. The predicted molar refractivity (Wildman–Crippen MR) is 134 cm³/mol. The molecule has 2 amide bonds. The first kappa shape index (κ1) is 26.3. The zero-order valence-corrected chi connectivity index (χ0v) is 21.8. The Morgan fingerprint density at radius 2 is 1.43 bits per heavy atom. The van der Waals surface area contributed by atoms with Gasteiger partial charge in [0.05, 0.1) is 33.9 Å². The number of likely N-dealkylation sites (N-methyl/N-ethyl adjacent to an activating group) is 1. The summed E-state index contributed by atoms with van der Waals surface area (Å²) in [5.74, 6) is 1.91.